The number of methoxy groups -OCH3 is 1. The van der Waals surface area contributed by atoms with Gasteiger partial charge in [-0.2, -0.15) is 0 Å². The molecule has 0 amide bonds. The SMILES string of the molecule is COC(=O)c1cccc(C(O)c2ccc(Cl)cc2)c1. The van der Waals surface area contributed by atoms with Crippen molar-refractivity contribution in [1.82, 2.24) is 0 Å². The standard InChI is InChI=1S/C15H13ClO3/c1-19-15(18)12-4-2-3-11(9-12)14(17)10-5-7-13(16)8-6-10/h2-9,14,17H,1H3. The van der Waals surface area contributed by atoms with E-state index in [1.54, 1.807) is 48.5 Å². The van der Waals surface area contributed by atoms with Crippen LogP contribution in [-0.2, 0) is 4.74 Å². The lowest BCUT2D eigenvalue weighted by molar-refractivity contribution is 0.0600. The van der Waals surface area contributed by atoms with E-state index in [0.717, 1.165) is 0 Å². The lowest BCUT2D eigenvalue weighted by Crippen LogP contribution is -2.04. The van der Waals surface area contributed by atoms with Crippen LogP contribution in [0.4, 0.5) is 0 Å². The highest BCUT2D eigenvalue weighted by Crippen LogP contribution is 2.24. The number of carbonyl (C=O) groups is 1. The molecule has 0 saturated carbocycles. The molecular formula is C15H13ClO3. The summed E-state index contributed by atoms with van der Waals surface area (Å²) in [5.74, 6) is -0.426. The van der Waals surface area contributed by atoms with E-state index in [2.05, 4.69) is 4.74 Å². The minimum Gasteiger partial charge on any atom is -0.465 e. The van der Waals surface area contributed by atoms with E-state index in [4.69, 9.17) is 11.6 Å². The van der Waals surface area contributed by atoms with Gasteiger partial charge < -0.3 is 9.84 Å². The highest BCUT2D eigenvalue weighted by Gasteiger charge is 2.13. The van der Waals surface area contributed by atoms with E-state index in [1.807, 2.05) is 0 Å². The molecule has 0 spiro atoms. The summed E-state index contributed by atoms with van der Waals surface area (Å²) in [4.78, 5) is 11.4. The minimum atomic E-state index is -0.804. The summed E-state index contributed by atoms with van der Waals surface area (Å²) >= 11 is 5.81. The molecule has 2 aromatic carbocycles. The third kappa shape index (κ3) is 3.13. The van der Waals surface area contributed by atoms with Gasteiger partial charge in [0.15, 0.2) is 0 Å². The molecule has 0 aliphatic rings. The molecule has 0 aromatic heterocycles. The van der Waals surface area contributed by atoms with Crippen molar-refractivity contribution in [2.24, 2.45) is 0 Å². The Morgan fingerprint density at radius 3 is 2.47 bits per heavy atom. The molecule has 19 heavy (non-hydrogen) atoms. The predicted molar refractivity (Wildman–Crippen MR) is 73.3 cm³/mol. The van der Waals surface area contributed by atoms with Gasteiger partial charge in [0.25, 0.3) is 0 Å². The van der Waals surface area contributed by atoms with Crippen LogP contribution in [0.15, 0.2) is 48.5 Å². The fourth-order valence-electron chi connectivity index (χ4n) is 1.79. The fraction of sp³-hybridized carbons (Fsp3) is 0.133. The monoisotopic (exact) mass is 276 g/mol. The number of aliphatic hydroxyl groups is 1. The average Bonchev–Trinajstić information content (AvgIpc) is 2.46. The molecule has 1 atom stereocenters. The van der Waals surface area contributed by atoms with Crippen LogP contribution in [0.1, 0.15) is 27.6 Å². The maximum atomic E-state index is 11.4. The van der Waals surface area contributed by atoms with Gasteiger partial charge in [0, 0.05) is 5.02 Å². The molecule has 0 radical (unpaired) electrons. The van der Waals surface area contributed by atoms with Gasteiger partial charge >= 0.3 is 5.97 Å². The third-order valence-corrected chi connectivity index (χ3v) is 3.06. The Bertz CT molecular complexity index is 578. The second-order valence-electron chi connectivity index (χ2n) is 4.07. The molecule has 0 bridgehead atoms. The molecule has 0 heterocycles. The van der Waals surface area contributed by atoms with Crippen molar-refractivity contribution >= 4 is 17.6 Å². The molecule has 98 valence electrons. The van der Waals surface area contributed by atoms with E-state index in [-0.39, 0.29) is 0 Å². The van der Waals surface area contributed by atoms with Gasteiger partial charge in [0.2, 0.25) is 0 Å². The minimum absolute atomic E-state index is 0.410. The Hall–Kier alpha value is -1.84. The summed E-state index contributed by atoms with van der Waals surface area (Å²) < 4.78 is 4.65. The van der Waals surface area contributed by atoms with Crippen molar-refractivity contribution in [2.45, 2.75) is 6.10 Å². The van der Waals surface area contributed by atoms with Crippen molar-refractivity contribution in [3.05, 3.63) is 70.2 Å². The number of aliphatic hydroxyl groups excluding tert-OH is 1. The van der Waals surface area contributed by atoms with Crippen LogP contribution in [0, 0.1) is 0 Å². The lowest BCUT2D eigenvalue weighted by Gasteiger charge is -2.12. The Labute approximate surface area is 116 Å². The maximum absolute atomic E-state index is 11.4. The highest BCUT2D eigenvalue weighted by atomic mass is 35.5. The Balaban J connectivity index is 2.31. The Morgan fingerprint density at radius 1 is 1.16 bits per heavy atom. The molecule has 0 saturated heterocycles. The van der Waals surface area contributed by atoms with Crippen LogP contribution >= 0.6 is 11.6 Å². The second-order valence-corrected chi connectivity index (χ2v) is 4.51. The maximum Gasteiger partial charge on any atom is 0.337 e. The summed E-state index contributed by atoms with van der Waals surface area (Å²) in [6, 6.07) is 13.6. The topological polar surface area (TPSA) is 46.5 Å². The van der Waals surface area contributed by atoms with Gasteiger partial charge in [-0.05, 0) is 35.4 Å². The van der Waals surface area contributed by atoms with Gasteiger partial charge in [-0.3, -0.25) is 0 Å². The zero-order valence-electron chi connectivity index (χ0n) is 10.3. The molecule has 2 rings (SSSR count). The van der Waals surface area contributed by atoms with Crippen molar-refractivity contribution in [2.75, 3.05) is 7.11 Å². The normalized spacial score (nSPS) is 11.9. The second kappa shape index (κ2) is 5.87. The van der Waals surface area contributed by atoms with Gasteiger partial charge in [0.1, 0.15) is 6.10 Å². The first-order chi connectivity index (χ1) is 9.11. The molecule has 0 aliphatic heterocycles. The molecule has 2 aromatic rings. The largest absolute Gasteiger partial charge is 0.465 e. The number of halogens is 1. The molecule has 3 nitrogen and oxygen atoms in total. The average molecular weight is 277 g/mol. The molecule has 1 unspecified atom stereocenters. The van der Waals surface area contributed by atoms with Crippen LogP contribution in [0.25, 0.3) is 0 Å². The molecule has 1 N–H and O–H groups in total. The van der Waals surface area contributed by atoms with E-state index in [1.165, 1.54) is 7.11 Å². The van der Waals surface area contributed by atoms with Crippen LogP contribution in [-0.4, -0.2) is 18.2 Å². The molecular weight excluding hydrogens is 264 g/mol. The smallest absolute Gasteiger partial charge is 0.337 e. The number of hydrogen-bond donors (Lipinski definition) is 1. The first-order valence-electron chi connectivity index (χ1n) is 5.73. The summed E-state index contributed by atoms with van der Waals surface area (Å²) in [5.41, 5.74) is 1.75. The fourth-order valence-corrected chi connectivity index (χ4v) is 1.92. The van der Waals surface area contributed by atoms with E-state index in [9.17, 15) is 9.90 Å². The van der Waals surface area contributed by atoms with Crippen molar-refractivity contribution in [3.8, 4) is 0 Å². The van der Waals surface area contributed by atoms with Crippen LogP contribution < -0.4 is 0 Å². The summed E-state index contributed by atoms with van der Waals surface area (Å²) in [5, 5.41) is 10.9. The van der Waals surface area contributed by atoms with Gasteiger partial charge in [-0.15, -0.1) is 0 Å². The van der Waals surface area contributed by atoms with E-state index >= 15 is 0 Å². The number of hydrogen-bond acceptors (Lipinski definition) is 3. The molecule has 0 aliphatic carbocycles. The zero-order valence-corrected chi connectivity index (χ0v) is 11.1. The van der Waals surface area contributed by atoms with Crippen molar-refractivity contribution in [3.63, 3.8) is 0 Å². The number of rotatable bonds is 3. The van der Waals surface area contributed by atoms with Crippen LogP contribution in [0.5, 0.6) is 0 Å². The first kappa shape index (κ1) is 13.6. The van der Waals surface area contributed by atoms with Gasteiger partial charge in [-0.25, -0.2) is 4.79 Å². The summed E-state index contributed by atoms with van der Waals surface area (Å²) in [6.07, 6.45) is -0.804. The van der Waals surface area contributed by atoms with Crippen LogP contribution in [0.3, 0.4) is 0 Å². The van der Waals surface area contributed by atoms with E-state index < -0.39 is 12.1 Å². The number of benzene rings is 2. The van der Waals surface area contributed by atoms with Crippen molar-refractivity contribution in [1.29, 1.82) is 0 Å². The van der Waals surface area contributed by atoms with Gasteiger partial charge in [0.05, 0.1) is 12.7 Å². The predicted octanol–water partition coefficient (Wildman–Crippen LogP) is 3.21. The molecule has 4 heteroatoms. The number of ether oxygens (including phenoxy) is 1. The summed E-state index contributed by atoms with van der Waals surface area (Å²) in [6.45, 7) is 0. The van der Waals surface area contributed by atoms with Gasteiger partial charge in [-0.1, -0.05) is 35.9 Å². The van der Waals surface area contributed by atoms with Crippen LogP contribution in [0.2, 0.25) is 5.02 Å². The van der Waals surface area contributed by atoms with Crippen molar-refractivity contribution < 1.29 is 14.6 Å². The Morgan fingerprint density at radius 2 is 1.84 bits per heavy atom. The first-order valence-corrected chi connectivity index (χ1v) is 6.11. The van der Waals surface area contributed by atoms with E-state index in [0.29, 0.717) is 21.7 Å². The number of esters is 1. The highest BCUT2D eigenvalue weighted by molar-refractivity contribution is 6.30. The third-order valence-electron chi connectivity index (χ3n) is 2.81. The quantitative estimate of drug-likeness (QED) is 0.876. The zero-order chi connectivity index (χ0) is 13.8. The Kier molecular flexibility index (Phi) is 4.20. The lowest BCUT2D eigenvalue weighted by atomic mass is 10.00. The summed E-state index contributed by atoms with van der Waals surface area (Å²) in [7, 11) is 1.32. The number of carbonyl (C=O) groups excluding carboxylic acids is 1. The molecule has 0 fully saturated rings.